The van der Waals surface area contributed by atoms with Gasteiger partial charge in [0.05, 0.1) is 0 Å². The second kappa shape index (κ2) is 6.92. The highest BCUT2D eigenvalue weighted by Gasteiger charge is 2.19. The lowest BCUT2D eigenvalue weighted by atomic mass is 9.97. The molecule has 0 aliphatic carbocycles. The number of piperidine rings is 1. The molecular formula is C16H26N2O. The summed E-state index contributed by atoms with van der Waals surface area (Å²) in [6.07, 6.45) is 2.48. The number of hydrogen-bond acceptors (Lipinski definition) is 3. The Hall–Kier alpha value is -1.06. The summed E-state index contributed by atoms with van der Waals surface area (Å²) >= 11 is 0. The van der Waals surface area contributed by atoms with E-state index in [1.807, 2.05) is 7.05 Å². The Kier molecular flexibility index (Phi) is 5.23. The van der Waals surface area contributed by atoms with Crippen LogP contribution in [0.5, 0.6) is 0 Å². The smallest absolute Gasteiger partial charge is 0.0491 e. The molecule has 0 aromatic heterocycles. The standard InChI is InChI=1S/C16H26N2O/c1-13(17-2)15-4-6-16(7-5-15)18-10-8-14(9-11-18)12-19-3/h4-7,13-14,17H,8-12H2,1-3H3. The molecular weight excluding hydrogens is 236 g/mol. The van der Waals surface area contributed by atoms with Crippen LogP contribution in [-0.4, -0.2) is 33.9 Å². The molecule has 3 nitrogen and oxygen atoms in total. The van der Waals surface area contributed by atoms with Crippen LogP contribution in [0.1, 0.15) is 31.4 Å². The summed E-state index contributed by atoms with van der Waals surface area (Å²) in [6, 6.07) is 9.39. The first kappa shape index (κ1) is 14.4. The van der Waals surface area contributed by atoms with E-state index in [1.54, 1.807) is 7.11 Å². The fourth-order valence-corrected chi connectivity index (χ4v) is 2.73. The molecule has 0 radical (unpaired) electrons. The van der Waals surface area contributed by atoms with E-state index in [1.165, 1.54) is 24.1 Å². The lowest BCUT2D eigenvalue weighted by Gasteiger charge is -2.33. The van der Waals surface area contributed by atoms with Gasteiger partial charge in [-0.3, -0.25) is 0 Å². The van der Waals surface area contributed by atoms with Gasteiger partial charge in [0.15, 0.2) is 0 Å². The average molecular weight is 262 g/mol. The van der Waals surface area contributed by atoms with Crippen LogP contribution >= 0.6 is 0 Å². The van der Waals surface area contributed by atoms with Crippen molar-refractivity contribution < 1.29 is 4.74 Å². The van der Waals surface area contributed by atoms with Gasteiger partial charge in [-0.05, 0) is 50.4 Å². The highest BCUT2D eigenvalue weighted by molar-refractivity contribution is 5.48. The normalized spacial score (nSPS) is 18.6. The first-order chi connectivity index (χ1) is 9.24. The van der Waals surface area contributed by atoms with Crippen molar-refractivity contribution >= 4 is 5.69 Å². The Morgan fingerprint density at radius 3 is 2.42 bits per heavy atom. The topological polar surface area (TPSA) is 24.5 Å². The monoisotopic (exact) mass is 262 g/mol. The van der Waals surface area contributed by atoms with Gasteiger partial charge in [0.1, 0.15) is 0 Å². The molecule has 1 saturated heterocycles. The number of benzene rings is 1. The van der Waals surface area contributed by atoms with Crippen LogP contribution in [0.25, 0.3) is 0 Å². The second-order valence-corrected chi connectivity index (χ2v) is 5.49. The molecule has 19 heavy (non-hydrogen) atoms. The van der Waals surface area contributed by atoms with Crippen molar-refractivity contribution in [2.75, 3.05) is 38.8 Å². The molecule has 1 aromatic carbocycles. The van der Waals surface area contributed by atoms with E-state index in [0.717, 1.165) is 25.6 Å². The lowest BCUT2D eigenvalue weighted by Crippen LogP contribution is -2.34. The molecule has 1 aromatic rings. The molecule has 1 unspecified atom stereocenters. The molecule has 1 atom stereocenters. The largest absolute Gasteiger partial charge is 0.384 e. The van der Waals surface area contributed by atoms with Gasteiger partial charge in [0.25, 0.3) is 0 Å². The fourth-order valence-electron chi connectivity index (χ4n) is 2.73. The predicted molar refractivity (Wildman–Crippen MR) is 80.7 cm³/mol. The Balaban J connectivity index is 1.92. The molecule has 106 valence electrons. The fraction of sp³-hybridized carbons (Fsp3) is 0.625. The molecule has 1 aliphatic rings. The van der Waals surface area contributed by atoms with Crippen molar-refractivity contribution in [2.45, 2.75) is 25.8 Å². The third-order valence-electron chi connectivity index (χ3n) is 4.21. The summed E-state index contributed by atoms with van der Waals surface area (Å²) in [5, 5.41) is 3.27. The minimum atomic E-state index is 0.418. The van der Waals surface area contributed by atoms with Crippen molar-refractivity contribution in [3.63, 3.8) is 0 Å². The Morgan fingerprint density at radius 2 is 1.89 bits per heavy atom. The maximum Gasteiger partial charge on any atom is 0.0491 e. The summed E-state index contributed by atoms with van der Waals surface area (Å²) in [5.41, 5.74) is 2.70. The van der Waals surface area contributed by atoms with Crippen molar-refractivity contribution in [2.24, 2.45) is 5.92 Å². The molecule has 3 heteroatoms. The summed E-state index contributed by atoms with van der Waals surface area (Å²) in [5.74, 6) is 0.741. The van der Waals surface area contributed by atoms with Crippen LogP contribution in [-0.2, 0) is 4.74 Å². The number of nitrogens with zero attached hydrogens (tertiary/aromatic N) is 1. The lowest BCUT2D eigenvalue weighted by molar-refractivity contribution is 0.139. The third-order valence-corrected chi connectivity index (χ3v) is 4.21. The summed E-state index contributed by atoms with van der Waals surface area (Å²) in [4.78, 5) is 2.49. The van der Waals surface area contributed by atoms with Crippen LogP contribution < -0.4 is 10.2 Å². The van der Waals surface area contributed by atoms with Gasteiger partial charge in [-0.25, -0.2) is 0 Å². The van der Waals surface area contributed by atoms with Crippen LogP contribution in [0, 0.1) is 5.92 Å². The highest BCUT2D eigenvalue weighted by atomic mass is 16.5. The van der Waals surface area contributed by atoms with Crippen molar-refractivity contribution in [3.8, 4) is 0 Å². The zero-order valence-corrected chi connectivity index (χ0v) is 12.4. The molecule has 1 aliphatic heterocycles. The van der Waals surface area contributed by atoms with Crippen LogP contribution in [0.4, 0.5) is 5.69 Å². The SMILES string of the molecule is CNC(C)c1ccc(N2CCC(COC)CC2)cc1. The number of anilines is 1. The molecule has 2 rings (SSSR count). The highest BCUT2D eigenvalue weighted by Crippen LogP contribution is 2.24. The van der Waals surface area contributed by atoms with Crippen LogP contribution in [0.15, 0.2) is 24.3 Å². The van der Waals surface area contributed by atoms with Gasteiger partial charge in [0.2, 0.25) is 0 Å². The Morgan fingerprint density at radius 1 is 1.26 bits per heavy atom. The van der Waals surface area contributed by atoms with Crippen LogP contribution in [0.2, 0.25) is 0 Å². The zero-order valence-electron chi connectivity index (χ0n) is 12.4. The molecule has 0 saturated carbocycles. The number of ether oxygens (including phenoxy) is 1. The Labute approximate surface area is 116 Å². The van der Waals surface area contributed by atoms with Gasteiger partial charge in [-0.2, -0.15) is 0 Å². The molecule has 0 spiro atoms. The molecule has 0 bridgehead atoms. The van der Waals surface area contributed by atoms with Gasteiger partial charge < -0.3 is 15.0 Å². The summed E-state index contributed by atoms with van der Waals surface area (Å²) in [7, 11) is 3.80. The number of hydrogen-bond donors (Lipinski definition) is 1. The van der Waals surface area contributed by atoms with E-state index in [-0.39, 0.29) is 0 Å². The van der Waals surface area contributed by atoms with Gasteiger partial charge in [-0.1, -0.05) is 12.1 Å². The molecule has 0 amide bonds. The molecule has 1 N–H and O–H groups in total. The van der Waals surface area contributed by atoms with E-state index < -0.39 is 0 Å². The van der Waals surface area contributed by atoms with Crippen LogP contribution in [0.3, 0.4) is 0 Å². The predicted octanol–water partition coefficient (Wildman–Crippen LogP) is 2.83. The van der Waals surface area contributed by atoms with Crippen molar-refractivity contribution in [1.29, 1.82) is 0 Å². The maximum absolute atomic E-state index is 5.25. The number of methoxy groups -OCH3 is 1. The molecule has 1 fully saturated rings. The minimum absolute atomic E-state index is 0.418. The van der Waals surface area contributed by atoms with E-state index in [4.69, 9.17) is 4.74 Å². The van der Waals surface area contributed by atoms with E-state index in [0.29, 0.717) is 6.04 Å². The van der Waals surface area contributed by atoms with Gasteiger partial charge in [-0.15, -0.1) is 0 Å². The zero-order chi connectivity index (χ0) is 13.7. The second-order valence-electron chi connectivity index (χ2n) is 5.49. The number of nitrogens with one attached hydrogen (secondary N) is 1. The van der Waals surface area contributed by atoms with E-state index in [9.17, 15) is 0 Å². The van der Waals surface area contributed by atoms with Gasteiger partial charge >= 0.3 is 0 Å². The summed E-state index contributed by atoms with van der Waals surface area (Å²) in [6.45, 7) is 5.39. The molecule has 1 heterocycles. The first-order valence-corrected chi connectivity index (χ1v) is 7.25. The van der Waals surface area contributed by atoms with Crippen molar-refractivity contribution in [3.05, 3.63) is 29.8 Å². The first-order valence-electron chi connectivity index (χ1n) is 7.25. The third kappa shape index (κ3) is 3.71. The van der Waals surface area contributed by atoms with Gasteiger partial charge in [0, 0.05) is 38.5 Å². The minimum Gasteiger partial charge on any atom is -0.384 e. The van der Waals surface area contributed by atoms with E-state index >= 15 is 0 Å². The number of rotatable bonds is 5. The maximum atomic E-state index is 5.25. The van der Waals surface area contributed by atoms with E-state index in [2.05, 4.69) is 41.4 Å². The average Bonchev–Trinajstić information content (AvgIpc) is 2.48. The Bertz CT molecular complexity index is 369. The summed E-state index contributed by atoms with van der Waals surface area (Å²) < 4.78 is 5.25. The van der Waals surface area contributed by atoms with Crippen molar-refractivity contribution in [1.82, 2.24) is 5.32 Å². The quantitative estimate of drug-likeness (QED) is 0.883.